The van der Waals surface area contributed by atoms with Crippen LogP contribution in [0.2, 0.25) is 5.02 Å². The monoisotopic (exact) mass is 467 g/mol. The van der Waals surface area contributed by atoms with Crippen molar-refractivity contribution in [3.8, 4) is 5.75 Å². The summed E-state index contributed by atoms with van der Waals surface area (Å²) in [5.74, 6) is 2.59. The molecular formula is C25H30ClN5O2. The van der Waals surface area contributed by atoms with E-state index in [2.05, 4.69) is 16.7 Å². The average molecular weight is 468 g/mol. The molecule has 1 amide bonds. The highest BCUT2D eigenvalue weighted by Gasteiger charge is 2.22. The Hall–Kier alpha value is -3.06. The number of ether oxygens (including phenoxy) is 1. The number of halogens is 1. The zero-order valence-corrected chi connectivity index (χ0v) is 19.8. The molecule has 0 atom stereocenters. The van der Waals surface area contributed by atoms with Crippen molar-refractivity contribution in [1.29, 1.82) is 0 Å². The number of aromatic nitrogens is 2. The van der Waals surface area contributed by atoms with Crippen LogP contribution in [-0.4, -0.2) is 49.2 Å². The summed E-state index contributed by atoms with van der Waals surface area (Å²) in [6, 6.07) is 15.4. The molecule has 4 rings (SSSR count). The highest BCUT2D eigenvalue weighted by Crippen LogP contribution is 2.28. The Balaban J connectivity index is 1.23. The number of para-hydroxylation sites is 1. The normalized spacial score (nSPS) is 18.0. The Morgan fingerprint density at radius 2 is 1.79 bits per heavy atom. The van der Waals surface area contributed by atoms with Gasteiger partial charge in [-0.3, -0.25) is 4.79 Å². The van der Waals surface area contributed by atoms with E-state index in [1.807, 2.05) is 37.2 Å². The number of anilines is 2. The van der Waals surface area contributed by atoms with Gasteiger partial charge >= 0.3 is 0 Å². The molecule has 0 aliphatic heterocycles. The predicted molar refractivity (Wildman–Crippen MR) is 133 cm³/mol. The Morgan fingerprint density at radius 1 is 1.06 bits per heavy atom. The van der Waals surface area contributed by atoms with Crippen molar-refractivity contribution in [3.63, 3.8) is 0 Å². The molecule has 1 aromatic heterocycles. The second-order valence-electron chi connectivity index (χ2n) is 8.69. The SMILES string of the molecule is CN(C)c1nc(N[C@H]2CC[C@@H](CNC(=O)COc3ccc(Cl)cc3)CC2)nc2ccccc12. The van der Waals surface area contributed by atoms with Gasteiger partial charge in [0.1, 0.15) is 11.6 Å². The fourth-order valence-corrected chi connectivity index (χ4v) is 4.27. The van der Waals surface area contributed by atoms with Crippen LogP contribution in [0.4, 0.5) is 11.8 Å². The fourth-order valence-electron chi connectivity index (χ4n) is 4.15. The van der Waals surface area contributed by atoms with Gasteiger partial charge in [0.25, 0.3) is 5.91 Å². The van der Waals surface area contributed by atoms with Crippen molar-refractivity contribution >= 4 is 40.2 Å². The summed E-state index contributed by atoms with van der Waals surface area (Å²) in [6.45, 7) is 0.679. The van der Waals surface area contributed by atoms with Crippen molar-refractivity contribution in [2.45, 2.75) is 31.7 Å². The lowest BCUT2D eigenvalue weighted by molar-refractivity contribution is -0.123. The molecule has 174 valence electrons. The number of rotatable bonds is 8. The van der Waals surface area contributed by atoms with E-state index in [-0.39, 0.29) is 12.5 Å². The van der Waals surface area contributed by atoms with Gasteiger partial charge in [0.05, 0.1) is 5.52 Å². The Bertz CT molecular complexity index is 1080. The molecule has 1 heterocycles. The largest absolute Gasteiger partial charge is 0.484 e. The minimum absolute atomic E-state index is 0.00600. The second kappa shape index (κ2) is 10.7. The fraction of sp³-hybridized carbons (Fsp3) is 0.400. The third-order valence-corrected chi connectivity index (χ3v) is 6.21. The Kier molecular flexibility index (Phi) is 7.50. The molecule has 2 aromatic carbocycles. The molecule has 0 spiro atoms. The summed E-state index contributed by atoms with van der Waals surface area (Å²) < 4.78 is 5.51. The van der Waals surface area contributed by atoms with Crippen LogP contribution < -0.4 is 20.3 Å². The lowest BCUT2D eigenvalue weighted by atomic mass is 9.86. The van der Waals surface area contributed by atoms with Crippen LogP contribution in [0.5, 0.6) is 5.75 Å². The van der Waals surface area contributed by atoms with Gasteiger partial charge < -0.3 is 20.3 Å². The van der Waals surface area contributed by atoms with Crippen LogP contribution in [0.25, 0.3) is 10.9 Å². The van der Waals surface area contributed by atoms with Crippen LogP contribution >= 0.6 is 11.6 Å². The average Bonchev–Trinajstić information content (AvgIpc) is 2.82. The Morgan fingerprint density at radius 3 is 2.52 bits per heavy atom. The zero-order valence-electron chi connectivity index (χ0n) is 19.1. The molecule has 8 heteroatoms. The van der Waals surface area contributed by atoms with Crippen molar-refractivity contribution in [3.05, 3.63) is 53.6 Å². The van der Waals surface area contributed by atoms with E-state index in [1.165, 1.54) is 0 Å². The van der Waals surface area contributed by atoms with Crippen molar-refractivity contribution in [2.24, 2.45) is 5.92 Å². The number of fused-ring (bicyclic) bond motifs is 1. The predicted octanol–water partition coefficient (Wildman–Crippen LogP) is 4.52. The van der Waals surface area contributed by atoms with Gasteiger partial charge in [0.15, 0.2) is 6.61 Å². The number of nitrogens with zero attached hydrogens (tertiary/aromatic N) is 3. The number of amides is 1. The van der Waals surface area contributed by atoms with E-state index in [0.29, 0.717) is 35.2 Å². The van der Waals surface area contributed by atoms with E-state index in [9.17, 15) is 4.79 Å². The molecule has 0 saturated heterocycles. The summed E-state index contributed by atoms with van der Waals surface area (Å²) >= 11 is 5.86. The maximum atomic E-state index is 12.1. The van der Waals surface area contributed by atoms with Gasteiger partial charge in [-0.05, 0) is 68.0 Å². The van der Waals surface area contributed by atoms with Crippen LogP contribution in [0, 0.1) is 5.92 Å². The lowest BCUT2D eigenvalue weighted by Crippen LogP contribution is -2.36. The summed E-state index contributed by atoms with van der Waals surface area (Å²) in [7, 11) is 4.00. The molecule has 1 saturated carbocycles. The molecule has 7 nitrogen and oxygen atoms in total. The molecule has 3 aromatic rings. The maximum Gasteiger partial charge on any atom is 0.257 e. The minimum Gasteiger partial charge on any atom is -0.484 e. The van der Waals surface area contributed by atoms with E-state index in [0.717, 1.165) is 42.4 Å². The van der Waals surface area contributed by atoms with Gasteiger partial charge in [-0.15, -0.1) is 0 Å². The molecular weight excluding hydrogens is 438 g/mol. The second-order valence-corrected chi connectivity index (χ2v) is 9.13. The number of hydrogen-bond donors (Lipinski definition) is 2. The number of nitrogens with one attached hydrogen (secondary N) is 2. The molecule has 1 aliphatic rings. The van der Waals surface area contributed by atoms with E-state index >= 15 is 0 Å². The van der Waals surface area contributed by atoms with E-state index in [4.69, 9.17) is 26.3 Å². The van der Waals surface area contributed by atoms with Gasteiger partial charge in [-0.2, -0.15) is 4.98 Å². The molecule has 1 aliphatic carbocycles. The molecule has 33 heavy (non-hydrogen) atoms. The molecule has 0 radical (unpaired) electrons. The van der Waals surface area contributed by atoms with Gasteiger partial charge in [-0.25, -0.2) is 4.98 Å². The first kappa shape index (κ1) is 23.1. The molecule has 2 N–H and O–H groups in total. The topological polar surface area (TPSA) is 79.4 Å². The smallest absolute Gasteiger partial charge is 0.257 e. The zero-order chi connectivity index (χ0) is 23.2. The third-order valence-electron chi connectivity index (χ3n) is 5.96. The molecule has 1 fully saturated rings. The number of hydrogen-bond acceptors (Lipinski definition) is 6. The van der Waals surface area contributed by atoms with Crippen molar-refractivity contribution < 1.29 is 9.53 Å². The highest BCUT2D eigenvalue weighted by atomic mass is 35.5. The first-order chi connectivity index (χ1) is 16.0. The first-order valence-corrected chi connectivity index (χ1v) is 11.7. The first-order valence-electron chi connectivity index (χ1n) is 11.3. The van der Waals surface area contributed by atoms with Gasteiger partial charge in [0.2, 0.25) is 5.95 Å². The lowest BCUT2D eigenvalue weighted by Gasteiger charge is -2.29. The highest BCUT2D eigenvalue weighted by molar-refractivity contribution is 6.30. The van der Waals surface area contributed by atoms with E-state index < -0.39 is 0 Å². The number of benzene rings is 2. The third kappa shape index (κ3) is 6.26. The molecule has 0 unspecified atom stereocenters. The number of carbonyl (C=O) groups is 1. The summed E-state index contributed by atoms with van der Waals surface area (Å²) in [5.41, 5.74) is 0.941. The quantitative estimate of drug-likeness (QED) is 0.507. The van der Waals surface area contributed by atoms with Crippen LogP contribution in [0.1, 0.15) is 25.7 Å². The summed E-state index contributed by atoms with van der Waals surface area (Å²) in [6.07, 6.45) is 4.14. The van der Waals surface area contributed by atoms with Crippen LogP contribution in [0.3, 0.4) is 0 Å². The van der Waals surface area contributed by atoms with Gasteiger partial charge in [-0.1, -0.05) is 23.7 Å². The van der Waals surface area contributed by atoms with Gasteiger partial charge in [0, 0.05) is 37.1 Å². The minimum atomic E-state index is -0.106. The number of carbonyl (C=O) groups excluding carboxylic acids is 1. The van der Waals surface area contributed by atoms with Crippen LogP contribution in [0.15, 0.2) is 48.5 Å². The van der Waals surface area contributed by atoms with E-state index in [1.54, 1.807) is 24.3 Å². The standard InChI is InChI=1S/C25H30ClN5O2/c1-31(2)24-21-5-3-4-6-22(21)29-25(30-24)28-19-11-7-17(8-12-19)15-27-23(32)16-33-20-13-9-18(26)10-14-20/h3-6,9-10,13-14,17,19H,7-8,11-12,15-16H2,1-2H3,(H,27,32)(H,28,29,30)/t17-,19+. The molecule has 0 bridgehead atoms. The van der Waals surface area contributed by atoms with Crippen LogP contribution in [-0.2, 0) is 4.79 Å². The van der Waals surface area contributed by atoms with Crippen molar-refractivity contribution in [1.82, 2.24) is 15.3 Å². The maximum absolute atomic E-state index is 12.1. The summed E-state index contributed by atoms with van der Waals surface area (Å²) in [5, 5.41) is 8.22. The van der Waals surface area contributed by atoms with Crippen molar-refractivity contribution in [2.75, 3.05) is 37.5 Å². The summed E-state index contributed by atoms with van der Waals surface area (Å²) in [4.78, 5) is 23.6. The Labute approximate surface area is 199 Å².